The van der Waals surface area contributed by atoms with Gasteiger partial charge in [0.05, 0.1) is 0 Å². The van der Waals surface area contributed by atoms with Crippen molar-refractivity contribution in [1.82, 2.24) is 5.32 Å². The van der Waals surface area contributed by atoms with Gasteiger partial charge in [0.25, 0.3) is 0 Å². The molecule has 94 valence electrons. The normalized spacial score (nSPS) is 19.2. The van der Waals surface area contributed by atoms with Crippen molar-refractivity contribution in [3.63, 3.8) is 0 Å². The van der Waals surface area contributed by atoms with Crippen molar-refractivity contribution in [2.24, 2.45) is 0 Å². The Labute approximate surface area is 113 Å². The molecule has 2 rings (SSSR count). The number of benzene rings is 1. The average Bonchev–Trinajstić information content (AvgIpc) is 2.37. The van der Waals surface area contributed by atoms with Crippen LogP contribution >= 0.6 is 23.4 Å². The van der Waals surface area contributed by atoms with Gasteiger partial charge in [-0.25, -0.2) is 0 Å². The monoisotopic (exact) mass is 269 g/mol. The summed E-state index contributed by atoms with van der Waals surface area (Å²) in [4.78, 5) is 0. The molecule has 17 heavy (non-hydrogen) atoms. The van der Waals surface area contributed by atoms with Gasteiger partial charge in [0, 0.05) is 17.1 Å². The van der Waals surface area contributed by atoms with Gasteiger partial charge in [0.2, 0.25) is 0 Å². The average molecular weight is 270 g/mol. The molecular weight excluding hydrogens is 250 g/mol. The first-order chi connectivity index (χ1) is 8.29. The van der Waals surface area contributed by atoms with Gasteiger partial charge < -0.3 is 5.32 Å². The highest BCUT2D eigenvalue weighted by atomic mass is 35.5. The minimum Gasteiger partial charge on any atom is -0.307 e. The third-order valence-corrected chi connectivity index (χ3v) is 4.60. The van der Waals surface area contributed by atoms with Gasteiger partial charge in [-0.3, -0.25) is 0 Å². The molecule has 1 N–H and O–H groups in total. The number of nitrogens with one attached hydrogen (secondary N) is 1. The quantitative estimate of drug-likeness (QED) is 0.876. The van der Waals surface area contributed by atoms with Gasteiger partial charge in [-0.1, -0.05) is 30.7 Å². The van der Waals surface area contributed by atoms with Crippen LogP contribution in [0.25, 0.3) is 0 Å². The fourth-order valence-corrected chi connectivity index (χ4v) is 3.63. The molecule has 1 atom stereocenters. The van der Waals surface area contributed by atoms with Gasteiger partial charge in [-0.2, -0.15) is 11.8 Å². The number of hydrogen-bond donors (Lipinski definition) is 1. The summed E-state index contributed by atoms with van der Waals surface area (Å²) < 4.78 is 0. The van der Waals surface area contributed by atoms with Gasteiger partial charge in [-0.15, -0.1) is 0 Å². The standard InChI is InChI=1S/C14H20ClNS/c1-2-14(11-4-3-5-12(15)10-11)16-13-6-8-17-9-7-13/h3-5,10,13-14,16H,2,6-9H2,1H3. The third-order valence-electron chi connectivity index (χ3n) is 3.32. The minimum atomic E-state index is 0.446. The Kier molecular flexibility index (Phi) is 5.20. The highest BCUT2D eigenvalue weighted by Crippen LogP contribution is 2.24. The van der Waals surface area contributed by atoms with Crippen LogP contribution < -0.4 is 5.32 Å². The predicted molar refractivity (Wildman–Crippen MR) is 78.0 cm³/mol. The van der Waals surface area contributed by atoms with Crippen molar-refractivity contribution < 1.29 is 0 Å². The Morgan fingerprint density at radius 3 is 2.82 bits per heavy atom. The SMILES string of the molecule is CCC(NC1CCSCC1)c1cccc(Cl)c1. The van der Waals surface area contributed by atoms with Crippen molar-refractivity contribution >= 4 is 23.4 Å². The molecule has 3 heteroatoms. The Hall–Kier alpha value is -0.180. The summed E-state index contributed by atoms with van der Waals surface area (Å²) in [5, 5.41) is 4.61. The summed E-state index contributed by atoms with van der Waals surface area (Å²) in [6.45, 7) is 2.23. The molecule has 0 radical (unpaired) electrons. The van der Waals surface area contributed by atoms with Crippen molar-refractivity contribution in [2.75, 3.05) is 11.5 Å². The number of thioether (sulfide) groups is 1. The van der Waals surface area contributed by atoms with E-state index < -0.39 is 0 Å². The number of hydrogen-bond acceptors (Lipinski definition) is 2. The molecule has 1 fully saturated rings. The molecule has 1 saturated heterocycles. The zero-order valence-corrected chi connectivity index (χ0v) is 11.9. The predicted octanol–water partition coefficient (Wildman–Crippen LogP) is 4.28. The van der Waals surface area contributed by atoms with E-state index in [9.17, 15) is 0 Å². The maximum absolute atomic E-state index is 6.06. The van der Waals surface area contributed by atoms with E-state index >= 15 is 0 Å². The van der Waals surface area contributed by atoms with E-state index in [1.54, 1.807) is 0 Å². The smallest absolute Gasteiger partial charge is 0.0409 e. The summed E-state index contributed by atoms with van der Waals surface area (Å²) in [6, 6.07) is 9.36. The maximum Gasteiger partial charge on any atom is 0.0409 e. The molecule has 0 aromatic heterocycles. The molecule has 0 aliphatic carbocycles. The molecule has 1 nitrogen and oxygen atoms in total. The van der Waals surface area contributed by atoms with E-state index in [1.165, 1.54) is 29.9 Å². The van der Waals surface area contributed by atoms with Gasteiger partial charge in [-0.05, 0) is 48.5 Å². The first-order valence-electron chi connectivity index (χ1n) is 6.39. The van der Waals surface area contributed by atoms with Crippen molar-refractivity contribution in [2.45, 2.75) is 38.3 Å². The Morgan fingerprint density at radius 2 is 2.18 bits per heavy atom. The Balaban J connectivity index is 2.00. The molecule has 1 aromatic carbocycles. The fraction of sp³-hybridized carbons (Fsp3) is 0.571. The van der Waals surface area contributed by atoms with Crippen LogP contribution in [0.3, 0.4) is 0 Å². The Bertz CT molecular complexity index is 350. The lowest BCUT2D eigenvalue weighted by atomic mass is 10.0. The second-order valence-electron chi connectivity index (χ2n) is 4.57. The highest BCUT2D eigenvalue weighted by molar-refractivity contribution is 7.99. The molecule has 0 bridgehead atoms. The minimum absolute atomic E-state index is 0.446. The zero-order chi connectivity index (χ0) is 12.1. The van der Waals surface area contributed by atoms with E-state index in [0.29, 0.717) is 12.1 Å². The van der Waals surface area contributed by atoms with Crippen LogP contribution in [0.5, 0.6) is 0 Å². The molecule has 1 aromatic rings. The second-order valence-corrected chi connectivity index (χ2v) is 6.23. The second kappa shape index (κ2) is 6.67. The zero-order valence-electron chi connectivity index (χ0n) is 10.3. The van der Waals surface area contributed by atoms with Crippen molar-refractivity contribution in [3.05, 3.63) is 34.9 Å². The van der Waals surface area contributed by atoms with Crippen LogP contribution in [0, 0.1) is 0 Å². The van der Waals surface area contributed by atoms with Crippen LogP contribution in [-0.2, 0) is 0 Å². The van der Waals surface area contributed by atoms with E-state index in [4.69, 9.17) is 11.6 Å². The summed E-state index contributed by atoms with van der Waals surface area (Å²) in [5.74, 6) is 2.59. The lowest BCUT2D eigenvalue weighted by molar-refractivity contribution is 0.406. The first-order valence-corrected chi connectivity index (χ1v) is 7.92. The molecule has 1 unspecified atom stereocenters. The maximum atomic E-state index is 6.06. The van der Waals surface area contributed by atoms with E-state index in [0.717, 1.165) is 11.4 Å². The summed E-state index contributed by atoms with van der Waals surface area (Å²) in [6.07, 6.45) is 3.70. The van der Waals surface area contributed by atoms with Crippen LogP contribution in [0.4, 0.5) is 0 Å². The molecule has 1 aliphatic heterocycles. The lowest BCUT2D eigenvalue weighted by Crippen LogP contribution is -2.35. The molecule has 0 saturated carbocycles. The van der Waals surface area contributed by atoms with Crippen molar-refractivity contribution in [3.8, 4) is 0 Å². The van der Waals surface area contributed by atoms with Crippen LogP contribution in [0.2, 0.25) is 5.02 Å². The van der Waals surface area contributed by atoms with E-state index in [1.807, 2.05) is 12.1 Å². The number of rotatable bonds is 4. The highest BCUT2D eigenvalue weighted by Gasteiger charge is 2.18. The third kappa shape index (κ3) is 3.90. The van der Waals surface area contributed by atoms with Crippen LogP contribution in [-0.4, -0.2) is 17.5 Å². The first kappa shape index (κ1) is 13.3. The molecular formula is C14H20ClNS. The van der Waals surface area contributed by atoms with Crippen LogP contribution in [0.1, 0.15) is 37.8 Å². The van der Waals surface area contributed by atoms with Gasteiger partial charge >= 0.3 is 0 Å². The summed E-state index contributed by atoms with van der Waals surface area (Å²) >= 11 is 8.13. The molecule has 0 spiro atoms. The Morgan fingerprint density at radius 1 is 1.41 bits per heavy atom. The van der Waals surface area contributed by atoms with Gasteiger partial charge in [0.15, 0.2) is 0 Å². The molecule has 0 amide bonds. The lowest BCUT2D eigenvalue weighted by Gasteiger charge is -2.28. The topological polar surface area (TPSA) is 12.0 Å². The number of halogens is 1. The largest absolute Gasteiger partial charge is 0.307 e. The van der Waals surface area contributed by atoms with Crippen LogP contribution in [0.15, 0.2) is 24.3 Å². The summed E-state index contributed by atoms with van der Waals surface area (Å²) in [5.41, 5.74) is 1.32. The van der Waals surface area contributed by atoms with Crippen molar-refractivity contribution in [1.29, 1.82) is 0 Å². The summed E-state index contributed by atoms with van der Waals surface area (Å²) in [7, 11) is 0. The molecule has 1 heterocycles. The van der Waals surface area contributed by atoms with E-state index in [-0.39, 0.29) is 0 Å². The fourth-order valence-electron chi connectivity index (χ4n) is 2.32. The van der Waals surface area contributed by atoms with E-state index in [2.05, 4.69) is 36.1 Å². The van der Waals surface area contributed by atoms with Gasteiger partial charge in [0.1, 0.15) is 0 Å². The molecule has 1 aliphatic rings.